The maximum absolute atomic E-state index is 12.0. The molecular formula is C15H19NO2. The Bertz CT molecular complexity index is 423. The number of ketones is 1. The number of rotatable bonds is 5. The number of hydrogen-bond acceptors (Lipinski definition) is 2. The minimum Gasteiger partial charge on any atom is -0.342 e. The molecule has 0 aromatic heterocycles. The van der Waals surface area contributed by atoms with Gasteiger partial charge in [0.05, 0.1) is 0 Å². The summed E-state index contributed by atoms with van der Waals surface area (Å²) < 4.78 is 0. The van der Waals surface area contributed by atoms with Gasteiger partial charge in [-0.15, -0.1) is 0 Å². The molecule has 3 nitrogen and oxygen atoms in total. The first kappa shape index (κ1) is 12.8. The van der Waals surface area contributed by atoms with Gasteiger partial charge in [0.25, 0.3) is 0 Å². The molecule has 1 atom stereocenters. The van der Waals surface area contributed by atoms with Crippen LogP contribution in [0, 0.1) is 5.92 Å². The van der Waals surface area contributed by atoms with Crippen molar-refractivity contribution >= 4 is 11.7 Å². The average molecular weight is 245 g/mol. The smallest absolute Gasteiger partial charge is 0.223 e. The van der Waals surface area contributed by atoms with Crippen LogP contribution in [0.2, 0.25) is 0 Å². The zero-order valence-corrected chi connectivity index (χ0v) is 10.7. The molecule has 0 heterocycles. The zero-order valence-electron chi connectivity index (χ0n) is 10.7. The summed E-state index contributed by atoms with van der Waals surface area (Å²) in [6, 6.07) is 8.98. The molecular weight excluding hydrogens is 226 g/mol. The molecule has 3 heteroatoms. The van der Waals surface area contributed by atoms with Gasteiger partial charge >= 0.3 is 0 Å². The standard InChI is InChI=1S/C15H19NO2/c1-2-13(17)14(11-7-4-3-5-8-11)16-15(18)12-9-6-10-12/h3-5,7-8,12,14H,2,6,9-10H2,1H3,(H,16,18)/t14-/m1/s1. The molecule has 1 aromatic carbocycles. The lowest BCUT2D eigenvalue weighted by Gasteiger charge is -2.27. The largest absolute Gasteiger partial charge is 0.342 e. The summed E-state index contributed by atoms with van der Waals surface area (Å²) in [5.74, 6) is 0.201. The van der Waals surface area contributed by atoms with Gasteiger partial charge < -0.3 is 5.32 Å². The van der Waals surface area contributed by atoms with Gasteiger partial charge in [0, 0.05) is 12.3 Å². The summed E-state index contributed by atoms with van der Waals surface area (Å²) in [4.78, 5) is 23.9. The highest BCUT2D eigenvalue weighted by Gasteiger charge is 2.29. The van der Waals surface area contributed by atoms with Crippen molar-refractivity contribution in [3.63, 3.8) is 0 Å². The van der Waals surface area contributed by atoms with Crippen LogP contribution in [-0.2, 0) is 9.59 Å². The van der Waals surface area contributed by atoms with Crippen molar-refractivity contribution in [1.29, 1.82) is 0 Å². The van der Waals surface area contributed by atoms with E-state index in [2.05, 4.69) is 5.32 Å². The van der Waals surface area contributed by atoms with Gasteiger partial charge in [-0.3, -0.25) is 9.59 Å². The average Bonchev–Trinajstić information content (AvgIpc) is 2.34. The second-order valence-corrected chi connectivity index (χ2v) is 4.80. The Balaban J connectivity index is 2.10. The number of nitrogens with one attached hydrogen (secondary N) is 1. The number of carbonyl (C=O) groups excluding carboxylic acids is 2. The summed E-state index contributed by atoms with van der Waals surface area (Å²) >= 11 is 0. The van der Waals surface area contributed by atoms with E-state index in [1.807, 2.05) is 37.3 Å². The lowest BCUT2D eigenvalue weighted by Crippen LogP contribution is -2.39. The van der Waals surface area contributed by atoms with E-state index in [0.717, 1.165) is 24.8 Å². The highest BCUT2D eigenvalue weighted by Crippen LogP contribution is 2.27. The van der Waals surface area contributed by atoms with Crippen LogP contribution in [0.15, 0.2) is 30.3 Å². The number of benzene rings is 1. The molecule has 0 aliphatic heterocycles. The van der Waals surface area contributed by atoms with Crippen molar-refractivity contribution in [2.75, 3.05) is 0 Å². The van der Waals surface area contributed by atoms with Gasteiger partial charge in [0.1, 0.15) is 6.04 Å². The van der Waals surface area contributed by atoms with E-state index in [-0.39, 0.29) is 17.6 Å². The van der Waals surface area contributed by atoms with Crippen LogP contribution in [-0.4, -0.2) is 11.7 Å². The molecule has 1 amide bonds. The van der Waals surface area contributed by atoms with Gasteiger partial charge in [0.15, 0.2) is 5.78 Å². The molecule has 96 valence electrons. The van der Waals surface area contributed by atoms with Crippen molar-refractivity contribution in [1.82, 2.24) is 5.32 Å². The summed E-state index contributed by atoms with van der Waals surface area (Å²) in [6.45, 7) is 1.83. The van der Waals surface area contributed by atoms with Gasteiger partial charge in [-0.05, 0) is 18.4 Å². The Morgan fingerprint density at radius 2 is 1.94 bits per heavy atom. The molecule has 1 aliphatic carbocycles. The third-order valence-corrected chi connectivity index (χ3v) is 3.57. The van der Waals surface area contributed by atoms with Crippen LogP contribution in [0.25, 0.3) is 0 Å². The monoisotopic (exact) mass is 245 g/mol. The highest BCUT2D eigenvalue weighted by atomic mass is 16.2. The van der Waals surface area contributed by atoms with Gasteiger partial charge in [0.2, 0.25) is 5.91 Å². The Morgan fingerprint density at radius 1 is 1.28 bits per heavy atom. The van der Waals surface area contributed by atoms with E-state index in [1.54, 1.807) is 0 Å². The van der Waals surface area contributed by atoms with Crippen LogP contribution >= 0.6 is 0 Å². The third-order valence-electron chi connectivity index (χ3n) is 3.57. The highest BCUT2D eigenvalue weighted by molar-refractivity contribution is 5.90. The fourth-order valence-corrected chi connectivity index (χ4v) is 2.13. The molecule has 1 N–H and O–H groups in total. The number of carbonyl (C=O) groups is 2. The van der Waals surface area contributed by atoms with Crippen LogP contribution < -0.4 is 5.32 Å². The first-order chi connectivity index (χ1) is 8.72. The fourth-order valence-electron chi connectivity index (χ4n) is 2.13. The molecule has 2 rings (SSSR count). The summed E-state index contributed by atoms with van der Waals surface area (Å²) in [5, 5.41) is 2.90. The molecule has 0 unspecified atom stereocenters. The van der Waals surface area contributed by atoms with E-state index >= 15 is 0 Å². The molecule has 1 saturated carbocycles. The number of amides is 1. The Kier molecular flexibility index (Phi) is 4.13. The van der Waals surface area contributed by atoms with E-state index in [4.69, 9.17) is 0 Å². The second-order valence-electron chi connectivity index (χ2n) is 4.80. The number of Topliss-reactive ketones (excluding diaryl/α,β-unsaturated/α-hetero) is 1. The molecule has 18 heavy (non-hydrogen) atoms. The predicted octanol–water partition coefficient (Wildman–Crippen LogP) is 2.62. The first-order valence-electron chi connectivity index (χ1n) is 6.60. The maximum Gasteiger partial charge on any atom is 0.223 e. The summed E-state index contributed by atoms with van der Waals surface area (Å²) in [5.41, 5.74) is 0.872. The van der Waals surface area contributed by atoms with Crippen molar-refractivity contribution in [2.24, 2.45) is 5.92 Å². The molecule has 0 radical (unpaired) electrons. The van der Waals surface area contributed by atoms with Gasteiger partial charge in [-0.1, -0.05) is 43.7 Å². The molecule has 1 aliphatic rings. The lowest BCUT2D eigenvalue weighted by atomic mass is 9.84. The second kappa shape index (κ2) is 5.80. The predicted molar refractivity (Wildman–Crippen MR) is 70.0 cm³/mol. The van der Waals surface area contributed by atoms with Crippen LogP contribution in [0.4, 0.5) is 0 Å². The Morgan fingerprint density at radius 3 is 2.44 bits per heavy atom. The molecule has 0 spiro atoms. The molecule has 0 bridgehead atoms. The van der Waals surface area contributed by atoms with Crippen molar-refractivity contribution in [3.05, 3.63) is 35.9 Å². The number of hydrogen-bond donors (Lipinski definition) is 1. The minimum absolute atomic E-state index is 0.0249. The lowest BCUT2D eigenvalue weighted by molar-refractivity contribution is -0.132. The van der Waals surface area contributed by atoms with Crippen LogP contribution in [0.3, 0.4) is 0 Å². The van der Waals surface area contributed by atoms with E-state index < -0.39 is 6.04 Å². The van der Waals surface area contributed by atoms with Crippen molar-refractivity contribution in [2.45, 2.75) is 38.6 Å². The van der Waals surface area contributed by atoms with E-state index in [1.165, 1.54) is 0 Å². The fraction of sp³-hybridized carbons (Fsp3) is 0.467. The maximum atomic E-state index is 12.0. The van der Waals surface area contributed by atoms with Crippen molar-refractivity contribution in [3.8, 4) is 0 Å². The molecule has 1 fully saturated rings. The Labute approximate surface area is 108 Å². The summed E-state index contributed by atoms with van der Waals surface area (Å²) in [6.07, 6.45) is 3.46. The Hall–Kier alpha value is -1.64. The molecule has 0 saturated heterocycles. The van der Waals surface area contributed by atoms with E-state index in [0.29, 0.717) is 6.42 Å². The summed E-state index contributed by atoms with van der Waals surface area (Å²) in [7, 11) is 0. The minimum atomic E-state index is -0.482. The third kappa shape index (κ3) is 2.78. The topological polar surface area (TPSA) is 46.2 Å². The first-order valence-corrected chi connectivity index (χ1v) is 6.60. The SMILES string of the molecule is CCC(=O)[C@H](NC(=O)C1CCC1)c1ccccc1. The quantitative estimate of drug-likeness (QED) is 0.866. The van der Waals surface area contributed by atoms with Gasteiger partial charge in [-0.25, -0.2) is 0 Å². The zero-order chi connectivity index (χ0) is 13.0. The molecule has 1 aromatic rings. The van der Waals surface area contributed by atoms with Crippen LogP contribution in [0.1, 0.15) is 44.2 Å². The van der Waals surface area contributed by atoms with Gasteiger partial charge in [-0.2, -0.15) is 0 Å². The van der Waals surface area contributed by atoms with Crippen molar-refractivity contribution < 1.29 is 9.59 Å². The normalized spacial score (nSPS) is 16.7. The van der Waals surface area contributed by atoms with Crippen LogP contribution in [0.5, 0.6) is 0 Å². The van der Waals surface area contributed by atoms with E-state index in [9.17, 15) is 9.59 Å².